The summed E-state index contributed by atoms with van der Waals surface area (Å²) in [6, 6.07) is 22.5. The van der Waals surface area contributed by atoms with Gasteiger partial charge in [-0.1, -0.05) is 65.9 Å². The number of nitrogens with zero attached hydrogens (tertiary/aromatic N) is 2. The number of rotatable bonds is 7. The highest BCUT2D eigenvalue weighted by Crippen LogP contribution is 2.31. The third-order valence-corrected chi connectivity index (χ3v) is 7.50. The number of methoxy groups -OCH3 is 2. The summed E-state index contributed by atoms with van der Waals surface area (Å²) in [4.78, 5) is 44.5. The number of benzene rings is 3. The van der Waals surface area contributed by atoms with Crippen molar-refractivity contribution in [1.29, 1.82) is 0 Å². The Balaban J connectivity index is 1.60. The van der Waals surface area contributed by atoms with Crippen LogP contribution in [-0.2, 0) is 20.9 Å². The molecular weight excluding hydrogens is 528 g/mol. The minimum atomic E-state index is -0.802. The first-order valence-corrected chi connectivity index (χ1v) is 13.3. The monoisotopic (exact) mass is 554 g/mol. The molecule has 0 aliphatic carbocycles. The molecule has 4 aromatic rings. The first kappa shape index (κ1) is 26.8. The number of fused-ring (bicyclic) bond motifs is 1. The van der Waals surface area contributed by atoms with Crippen LogP contribution in [0.15, 0.2) is 99.9 Å². The van der Waals surface area contributed by atoms with Crippen molar-refractivity contribution in [3.8, 4) is 5.75 Å². The lowest BCUT2D eigenvalue weighted by Gasteiger charge is -2.25. The van der Waals surface area contributed by atoms with Crippen LogP contribution in [0.1, 0.15) is 40.0 Å². The molecule has 0 spiro atoms. The molecule has 8 nitrogen and oxygen atoms in total. The molecule has 0 fully saturated rings. The van der Waals surface area contributed by atoms with E-state index < -0.39 is 18.0 Å². The number of hydrogen-bond acceptors (Lipinski definition) is 8. The number of thiazole rings is 1. The minimum Gasteiger partial charge on any atom is -0.497 e. The highest BCUT2D eigenvalue weighted by atomic mass is 32.1. The molecule has 9 heteroatoms. The van der Waals surface area contributed by atoms with Crippen LogP contribution in [0, 0.1) is 0 Å². The van der Waals surface area contributed by atoms with Gasteiger partial charge in [0.25, 0.3) is 5.56 Å². The summed E-state index contributed by atoms with van der Waals surface area (Å²) in [7, 11) is 2.90. The van der Waals surface area contributed by atoms with E-state index in [2.05, 4.69) is 4.99 Å². The van der Waals surface area contributed by atoms with Crippen molar-refractivity contribution < 1.29 is 23.8 Å². The predicted molar refractivity (Wildman–Crippen MR) is 151 cm³/mol. The van der Waals surface area contributed by atoms with Crippen molar-refractivity contribution in [1.82, 2.24) is 4.57 Å². The van der Waals surface area contributed by atoms with E-state index in [1.54, 1.807) is 44.4 Å². The summed E-state index contributed by atoms with van der Waals surface area (Å²) in [5, 5.41) is 0. The summed E-state index contributed by atoms with van der Waals surface area (Å²) in [6.07, 6.45) is 1.79. The average molecular weight is 555 g/mol. The lowest BCUT2D eigenvalue weighted by Crippen LogP contribution is -2.39. The lowest BCUT2D eigenvalue weighted by atomic mass is 9.95. The number of allylic oxidation sites excluding steroid dienone is 1. The van der Waals surface area contributed by atoms with Gasteiger partial charge in [0.15, 0.2) is 4.80 Å². The molecule has 202 valence electrons. The molecule has 0 amide bonds. The highest BCUT2D eigenvalue weighted by molar-refractivity contribution is 7.07. The van der Waals surface area contributed by atoms with E-state index in [1.807, 2.05) is 54.6 Å². The summed E-state index contributed by atoms with van der Waals surface area (Å²) in [5.74, 6) is -0.343. The fourth-order valence-corrected chi connectivity index (χ4v) is 5.52. The van der Waals surface area contributed by atoms with E-state index in [0.29, 0.717) is 31.9 Å². The Hall–Kier alpha value is -4.76. The van der Waals surface area contributed by atoms with E-state index >= 15 is 0 Å². The average Bonchev–Trinajstić information content (AvgIpc) is 3.29. The molecule has 0 N–H and O–H groups in total. The highest BCUT2D eigenvalue weighted by Gasteiger charge is 2.33. The van der Waals surface area contributed by atoms with Crippen LogP contribution in [-0.4, -0.2) is 30.7 Å². The third kappa shape index (κ3) is 5.37. The molecule has 5 rings (SSSR count). The van der Waals surface area contributed by atoms with E-state index in [0.717, 1.165) is 11.1 Å². The summed E-state index contributed by atoms with van der Waals surface area (Å²) in [5.41, 5.74) is 3.07. The van der Waals surface area contributed by atoms with Gasteiger partial charge < -0.3 is 14.2 Å². The van der Waals surface area contributed by atoms with Gasteiger partial charge in [-0.3, -0.25) is 9.36 Å². The minimum absolute atomic E-state index is 0.0757. The number of aromatic nitrogens is 1. The Morgan fingerprint density at radius 3 is 2.30 bits per heavy atom. The quantitative estimate of drug-likeness (QED) is 0.323. The second-order valence-corrected chi connectivity index (χ2v) is 10.0. The number of esters is 2. The molecule has 0 saturated carbocycles. The first-order chi connectivity index (χ1) is 19.4. The first-order valence-electron chi connectivity index (χ1n) is 12.5. The van der Waals surface area contributed by atoms with Crippen molar-refractivity contribution in [2.45, 2.75) is 19.6 Å². The second kappa shape index (κ2) is 11.5. The topological polar surface area (TPSA) is 96.2 Å². The molecule has 2 heterocycles. The molecule has 0 radical (unpaired) electrons. The number of hydrogen-bond donors (Lipinski definition) is 0. The molecule has 1 unspecified atom stereocenters. The SMILES string of the molecule is COC(=O)c1ccc(C2C(C(=O)OCc3ccccc3)=C(C)N=c3sc(=Cc4ccc(OC)cc4)c(=O)n32)cc1. The van der Waals surface area contributed by atoms with Crippen LogP contribution in [0.5, 0.6) is 5.75 Å². The maximum Gasteiger partial charge on any atom is 0.338 e. The van der Waals surface area contributed by atoms with Gasteiger partial charge in [-0.05, 0) is 54.0 Å². The zero-order chi connectivity index (χ0) is 28.2. The molecule has 1 atom stereocenters. The maximum atomic E-state index is 13.8. The zero-order valence-corrected chi connectivity index (χ0v) is 22.9. The normalized spacial score (nSPS) is 14.8. The predicted octanol–water partition coefficient (Wildman–Crippen LogP) is 3.77. The Labute approximate surface area is 234 Å². The molecule has 3 aromatic carbocycles. The van der Waals surface area contributed by atoms with Crippen LogP contribution in [0.25, 0.3) is 6.08 Å². The maximum absolute atomic E-state index is 13.8. The van der Waals surface area contributed by atoms with Crippen molar-refractivity contribution >= 4 is 29.4 Å². The van der Waals surface area contributed by atoms with Crippen molar-refractivity contribution in [2.24, 2.45) is 4.99 Å². The smallest absolute Gasteiger partial charge is 0.338 e. The van der Waals surface area contributed by atoms with Gasteiger partial charge in [-0.25, -0.2) is 14.6 Å². The Morgan fingerprint density at radius 1 is 0.950 bits per heavy atom. The van der Waals surface area contributed by atoms with E-state index in [-0.39, 0.29) is 17.7 Å². The molecule has 40 heavy (non-hydrogen) atoms. The van der Waals surface area contributed by atoms with Gasteiger partial charge in [-0.2, -0.15) is 0 Å². The van der Waals surface area contributed by atoms with Gasteiger partial charge in [0.05, 0.1) is 41.6 Å². The zero-order valence-electron chi connectivity index (χ0n) is 22.1. The Morgan fingerprint density at radius 2 is 1.65 bits per heavy atom. The molecular formula is C31H26N2O6S. The lowest BCUT2D eigenvalue weighted by molar-refractivity contribution is -0.140. The van der Waals surface area contributed by atoms with Crippen LogP contribution in [0.3, 0.4) is 0 Å². The van der Waals surface area contributed by atoms with Crippen LogP contribution in [0.4, 0.5) is 0 Å². The molecule has 1 aliphatic heterocycles. The number of ether oxygens (including phenoxy) is 3. The third-order valence-electron chi connectivity index (χ3n) is 6.52. The van der Waals surface area contributed by atoms with Crippen molar-refractivity contribution in [3.63, 3.8) is 0 Å². The fraction of sp³-hybridized carbons (Fsp3) is 0.161. The second-order valence-electron chi connectivity index (χ2n) is 9.03. The van der Waals surface area contributed by atoms with Crippen LogP contribution < -0.4 is 19.6 Å². The van der Waals surface area contributed by atoms with E-state index in [4.69, 9.17) is 14.2 Å². The summed E-state index contributed by atoms with van der Waals surface area (Å²) in [6.45, 7) is 1.81. The van der Waals surface area contributed by atoms with Crippen LogP contribution in [0.2, 0.25) is 0 Å². The number of carbonyl (C=O) groups is 2. The van der Waals surface area contributed by atoms with E-state index in [1.165, 1.54) is 23.0 Å². The van der Waals surface area contributed by atoms with Gasteiger partial charge in [-0.15, -0.1) is 0 Å². The number of carbonyl (C=O) groups excluding carboxylic acids is 2. The molecule has 0 saturated heterocycles. The van der Waals surface area contributed by atoms with Gasteiger partial charge in [0, 0.05) is 0 Å². The summed E-state index contributed by atoms with van der Waals surface area (Å²) < 4.78 is 17.7. The Kier molecular flexibility index (Phi) is 7.75. The van der Waals surface area contributed by atoms with Crippen molar-refractivity contribution in [2.75, 3.05) is 14.2 Å². The Bertz CT molecular complexity index is 1770. The molecule has 1 aliphatic rings. The van der Waals surface area contributed by atoms with E-state index in [9.17, 15) is 14.4 Å². The summed E-state index contributed by atoms with van der Waals surface area (Å²) >= 11 is 1.24. The molecule has 1 aromatic heterocycles. The van der Waals surface area contributed by atoms with Gasteiger partial charge in [0.2, 0.25) is 0 Å². The van der Waals surface area contributed by atoms with Crippen LogP contribution >= 0.6 is 11.3 Å². The standard InChI is InChI=1S/C31H26N2O6S/c1-19-26(30(36)39-18-21-7-5-4-6-8-21)27(22-11-13-23(14-12-22)29(35)38-3)33-28(34)25(40-31(33)32-19)17-20-9-15-24(37-2)16-10-20/h4-17,27H,18H2,1-3H3. The van der Waals surface area contributed by atoms with Gasteiger partial charge in [0.1, 0.15) is 12.4 Å². The van der Waals surface area contributed by atoms with Crippen molar-refractivity contribution in [3.05, 3.63) is 132 Å². The fourth-order valence-electron chi connectivity index (χ4n) is 4.47. The molecule has 0 bridgehead atoms. The largest absolute Gasteiger partial charge is 0.497 e. The van der Waals surface area contributed by atoms with Gasteiger partial charge >= 0.3 is 11.9 Å².